The third-order valence-electron chi connectivity index (χ3n) is 4.71. The minimum absolute atomic E-state index is 0.101. The topological polar surface area (TPSA) is 90.9 Å². The van der Waals surface area contributed by atoms with Gasteiger partial charge in [-0.1, -0.05) is 31.5 Å². The Labute approximate surface area is 160 Å². The molecule has 0 aliphatic carbocycles. The number of aromatic nitrogens is 3. The van der Waals surface area contributed by atoms with Crippen LogP contribution in [0.3, 0.4) is 0 Å². The first kappa shape index (κ1) is 19.4. The van der Waals surface area contributed by atoms with Crippen LogP contribution < -0.4 is 5.73 Å². The van der Waals surface area contributed by atoms with E-state index in [2.05, 4.69) is 16.5 Å². The van der Waals surface area contributed by atoms with Crippen molar-refractivity contribution in [2.24, 2.45) is 0 Å². The molecule has 0 saturated heterocycles. The molecule has 6 nitrogen and oxygen atoms in total. The van der Waals surface area contributed by atoms with E-state index in [0.29, 0.717) is 29.2 Å². The Morgan fingerprint density at radius 3 is 2.59 bits per heavy atom. The first-order valence-corrected chi connectivity index (χ1v) is 11.0. The van der Waals surface area contributed by atoms with Gasteiger partial charge in [-0.05, 0) is 37.5 Å². The molecule has 0 fully saturated rings. The molecule has 0 radical (unpaired) electrons. The summed E-state index contributed by atoms with van der Waals surface area (Å²) in [5.74, 6) is 1.47. The molecule has 0 atom stereocenters. The summed E-state index contributed by atoms with van der Waals surface area (Å²) in [5, 5.41) is 0. The molecule has 0 aliphatic heterocycles. The lowest BCUT2D eigenvalue weighted by Gasteiger charge is -2.11. The summed E-state index contributed by atoms with van der Waals surface area (Å²) < 4.78 is 27.2. The molecule has 0 bridgehead atoms. The summed E-state index contributed by atoms with van der Waals surface area (Å²) in [6.45, 7) is 4.71. The van der Waals surface area contributed by atoms with Gasteiger partial charge in [-0.2, -0.15) is 0 Å². The number of hydrogen-bond donors (Lipinski definition) is 1. The largest absolute Gasteiger partial charge is 0.382 e. The first-order valence-electron chi connectivity index (χ1n) is 9.32. The predicted molar refractivity (Wildman–Crippen MR) is 108 cm³/mol. The van der Waals surface area contributed by atoms with Crippen molar-refractivity contribution >= 4 is 26.7 Å². The first-order chi connectivity index (χ1) is 12.9. The minimum atomic E-state index is -3.29. The lowest BCUT2D eigenvalue weighted by Crippen LogP contribution is -2.12. The maximum absolute atomic E-state index is 12.5. The average Bonchev–Trinajstić information content (AvgIpc) is 3.03. The molecule has 0 saturated carbocycles. The van der Waals surface area contributed by atoms with Crippen LogP contribution in [0, 0.1) is 6.92 Å². The number of pyridine rings is 1. The smallest absolute Gasteiger partial charge is 0.178 e. The van der Waals surface area contributed by atoms with Crippen molar-refractivity contribution in [2.75, 3.05) is 11.5 Å². The van der Waals surface area contributed by atoms with E-state index < -0.39 is 9.84 Å². The lowest BCUT2D eigenvalue weighted by molar-refractivity contribution is 0.583. The van der Waals surface area contributed by atoms with Crippen LogP contribution in [0.5, 0.6) is 0 Å². The Balaban J connectivity index is 1.86. The zero-order valence-corrected chi connectivity index (χ0v) is 16.7. The Hall–Kier alpha value is -2.41. The molecular formula is C20H26N4O2S. The molecule has 0 spiro atoms. The monoisotopic (exact) mass is 386 g/mol. The van der Waals surface area contributed by atoms with Gasteiger partial charge in [0.05, 0.1) is 16.2 Å². The maximum atomic E-state index is 12.5. The van der Waals surface area contributed by atoms with E-state index in [-0.39, 0.29) is 5.75 Å². The van der Waals surface area contributed by atoms with E-state index in [1.165, 1.54) is 0 Å². The third kappa shape index (κ3) is 4.13. The molecule has 0 aliphatic rings. The lowest BCUT2D eigenvalue weighted by atomic mass is 10.2. The zero-order valence-electron chi connectivity index (χ0n) is 15.9. The maximum Gasteiger partial charge on any atom is 0.178 e. The number of anilines is 1. The predicted octanol–water partition coefficient (Wildman–Crippen LogP) is 3.53. The second kappa shape index (κ2) is 8.08. The van der Waals surface area contributed by atoms with Gasteiger partial charge in [-0.25, -0.2) is 18.4 Å². The summed E-state index contributed by atoms with van der Waals surface area (Å²) in [6, 6.07) is 8.60. The fourth-order valence-electron chi connectivity index (χ4n) is 3.29. The fourth-order valence-corrected chi connectivity index (χ4v) is 4.61. The number of aryl methyl sites for hydroxylation is 3. The summed E-state index contributed by atoms with van der Waals surface area (Å²) in [5.41, 5.74) is 8.71. The summed E-state index contributed by atoms with van der Waals surface area (Å²) in [7, 11) is -3.29. The van der Waals surface area contributed by atoms with E-state index >= 15 is 0 Å². The Morgan fingerprint density at radius 1 is 1.15 bits per heavy atom. The van der Waals surface area contributed by atoms with Gasteiger partial charge in [0.25, 0.3) is 0 Å². The van der Waals surface area contributed by atoms with Gasteiger partial charge in [0.1, 0.15) is 11.3 Å². The Morgan fingerprint density at radius 2 is 1.89 bits per heavy atom. The van der Waals surface area contributed by atoms with Gasteiger partial charge in [0.15, 0.2) is 15.7 Å². The van der Waals surface area contributed by atoms with E-state index in [0.717, 1.165) is 36.2 Å². The minimum Gasteiger partial charge on any atom is -0.382 e. The van der Waals surface area contributed by atoms with Gasteiger partial charge >= 0.3 is 0 Å². The number of hydrogen-bond acceptors (Lipinski definition) is 5. The van der Waals surface area contributed by atoms with Crippen molar-refractivity contribution in [1.82, 2.24) is 14.5 Å². The molecule has 3 rings (SSSR count). The number of rotatable bonds is 8. The van der Waals surface area contributed by atoms with Crippen LogP contribution in [-0.4, -0.2) is 28.7 Å². The van der Waals surface area contributed by atoms with Crippen molar-refractivity contribution in [3.63, 3.8) is 0 Å². The van der Waals surface area contributed by atoms with Gasteiger partial charge in [-0.3, -0.25) is 0 Å². The number of nitrogens with zero attached hydrogens (tertiary/aromatic N) is 3. The van der Waals surface area contributed by atoms with E-state index in [9.17, 15) is 8.42 Å². The number of benzene rings is 1. The molecule has 2 aromatic heterocycles. The van der Waals surface area contributed by atoms with E-state index in [4.69, 9.17) is 10.7 Å². The highest BCUT2D eigenvalue weighted by Crippen LogP contribution is 2.25. The highest BCUT2D eigenvalue weighted by Gasteiger charge is 2.18. The summed E-state index contributed by atoms with van der Waals surface area (Å²) in [6.07, 6.45) is 5.20. The fraction of sp³-hybridized carbons (Fsp3) is 0.400. The van der Waals surface area contributed by atoms with Crippen LogP contribution in [0.4, 0.5) is 5.82 Å². The molecule has 144 valence electrons. The van der Waals surface area contributed by atoms with Crippen LogP contribution in [0.1, 0.15) is 37.6 Å². The molecule has 2 N–H and O–H groups in total. The van der Waals surface area contributed by atoms with Gasteiger partial charge in [0.2, 0.25) is 0 Å². The molecule has 3 aromatic rings. The SMILES string of the molecule is CCCCc1nc2c(N)ncc(C)c2n1CCCS(=O)(=O)c1ccccc1. The third-order valence-corrected chi connectivity index (χ3v) is 6.53. The second-order valence-corrected chi connectivity index (χ2v) is 8.90. The highest BCUT2D eigenvalue weighted by atomic mass is 32.2. The molecule has 7 heteroatoms. The molecule has 2 heterocycles. The molecule has 1 aromatic carbocycles. The van der Waals surface area contributed by atoms with Crippen molar-refractivity contribution < 1.29 is 8.42 Å². The van der Waals surface area contributed by atoms with E-state index in [1.54, 1.807) is 30.5 Å². The number of imidazole rings is 1. The Kier molecular flexibility index (Phi) is 5.79. The number of nitrogens with two attached hydrogens (primary N) is 1. The number of sulfone groups is 1. The van der Waals surface area contributed by atoms with Crippen LogP contribution in [0.15, 0.2) is 41.4 Å². The zero-order chi connectivity index (χ0) is 19.4. The number of nitrogen functional groups attached to an aromatic ring is 1. The molecular weight excluding hydrogens is 360 g/mol. The van der Waals surface area contributed by atoms with Crippen LogP contribution in [0.25, 0.3) is 11.0 Å². The quantitative estimate of drug-likeness (QED) is 0.639. The summed E-state index contributed by atoms with van der Waals surface area (Å²) in [4.78, 5) is 9.29. The van der Waals surface area contributed by atoms with Crippen LogP contribution >= 0.6 is 0 Å². The second-order valence-electron chi connectivity index (χ2n) is 6.79. The van der Waals surface area contributed by atoms with Gasteiger partial charge in [0, 0.05) is 19.2 Å². The Bertz CT molecular complexity index is 1030. The number of unbranched alkanes of at least 4 members (excludes halogenated alkanes) is 1. The molecule has 0 unspecified atom stereocenters. The van der Waals surface area contributed by atoms with Crippen LogP contribution in [-0.2, 0) is 22.8 Å². The van der Waals surface area contributed by atoms with Crippen molar-refractivity contribution in [2.45, 2.75) is 51.0 Å². The van der Waals surface area contributed by atoms with Gasteiger partial charge in [-0.15, -0.1) is 0 Å². The average molecular weight is 387 g/mol. The van der Waals surface area contributed by atoms with Crippen molar-refractivity contribution in [1.29, 1.82) is 0 Å². The molecule has 0 amide bonds. The van der Waals surface area contributed by atoms with Crippen molar-refractivity contribution in [3.8, 4) is 0 Å². The van der Waals surface area contributed by atoms with E-state index in [1.807, 2.05) is 13.0 Å². The normalized spacial score (nSPS) is 11.9. The van der Waals surface area contributed by atoms with Crippen LogP contribution in [0.2, 0.25) is 0 Å². The number of fused-ring (bicyclic) bond motifs is 1. The standard InChI is InChI=1S/C20H26N4O2S/c1-3-4-11-17-23-18-19(15(2)14-22-20(18)21)24(17)12-8-13-27(25,26)16-9-6-5-7-10-16/h5-7,9-10,14H,3-4,8,11-13H2,1-2H3,(H2,21,22). The highest BCUT2D eigenvalue weighted by molar-refractivity contribution is 7.91. The summed E-state index contributed by atoms with van der Waals surface area (Å²) >= 11 is 0. The molecule has 27 heavy (non-hydrogen) atoms. The van der Waals surface area contributed by atoms with Gasteiger partial charge < -0.3 is 10.3 Å². The van der Waals surface area contributed by atoms with Crippen molar-refractivity contribution in [3.05, 3.63) is 47.9 Å².